The maximum atomic E-state index is 12.6. The van der Waals surface area contributed by atoms with Gasteiger partial charge in [0.05, 0.1) is 13.2 Å². The summed E-state index contributed by atoms with van der Waals surface area (Å²) in [5.74, 6) is 0.623. The SMILES string of the molecule is CCc1ccc(S(=O)(=O)N(C)CC(O)c2cccc(OC)c2)s1. The number of rotatable bonds is 7. The lowest BCUT2D eigenvalue weighted by Gasteiger charge is -2.20. The van der Waals surface area contributed by atoms with E-state index in [-0.39, 0.29) is 6.54 Å². The van der Waals surface area contributed by atoms with Gasteiger partial charge in [0.2, 0.25) is 0 Å². The van der Waals surface area contributed by atoms with Crippen molar-refractivity contribution >= 4 is 21.4 Å². The van der Waals surface area contributed by atoms with Gasteiger partial charge in [0.25, 0.3) is 10.0 Å². The number of likely N-dealkylation sites (N-methyl/N-ethyl adjacent to an activating group) is 1. The monoisotopic (exact) mass is 355 g/mol. The molecule has 23 heavy (non-hydrogen) atoms. The Balaban J connectivity index is 2.14. The molecule has 0 aliphatic carbocycles. The minimum atomic E-state index is -3.59. The second-order valence-corrected chi connectivity index (χ2v) is 8.59. The Morgan fingerprint density at radius 2 is 2.04 bits per heavy atom. The second kappa shape index (κ2) is 7.44. The molecule has 0 aliphatic rings. The molecule has 0 saturated carbocycles. The van der Waals surface area contributed by atoms with Gasteiger partial charge in [-0.05, 0) is 36.2 Å². The molecule has 1 N–H and O–H groups in total. The van der Waals surface area contributed by atoms with Gasteiger partial charge in [-0.25, -0.2) is 8.42 Å². The number of hydrogen-bond donors (Lipinski definition) is 1. The van der Waals surface area contributed by atoms with Crippen molar-refractivity contribution in [3.05, 3.63) is 46.8 Å². The number of sulfonamides is 1. The highest BCUT2D eigenvalue weighted by atomic mass is 32.2. The summed E-state index contributed by atoms with van der Waals surface area (Å²) in [5.41, 5.74) is 0.617. The van der Waals surface area contributed by atoms with Crippen LogP contribution in [-0.2, 0) is 16.4 Å². The van der Waals surface area contributed by atoms with Crippen molar-refractivity contribution in [1.82, 2.24) is 4.31 Å². The van der Waals surface area contributed by atoms with Crippen LogP contribution in [0.25, 0.3) is 0 Å². The summed E-state index contributed by atoms with van der Waals surface area (Å²) in [7, 11) is -0.564. The number of benzene rings is 1. The number of ether oxygens (including phenoxy) is 1. The summed E-state index contributed by atoms with van der Waals surface area (Å²) in [6, 6.07) is 10.4. The van der Waals surface area contributed by atoms with E-state index < -0.39 is 16.1 Å². The fourth-order valence-electron chi connectivity index (χ4n) is 2.14. The maximum absolute atomic E-state index is 12.6. The van der Waals surface area contributed by atoms with Gasteiger partial charge >= 0.3 is 0 Å². The van der Waals surface area contributed by atoms with Crippen LogP contribution in [-0.4, -0.2) is 38.5 Å². The molecule has 1 atom stereocenters. The fraction of sp³-hybridized carbons (Fsp3) is 0.375. The Morgan fingerprint density at radius 1 is 1.30 bits per heavy atom. The number of aliphatic hydroxyl groups is 1. The van der Waals surface area contributed by atoms with E-state index in [2.05, 4.69) is 0 Å². The average molecular weight is 355 g/mol. The van der Waals surface area contributed by atoms with E-state index in [1.54, 1.807) is 37.4 Å². The molecule has 7 heteroatoms. The molecule has 5 nitrogen and oxygen atoms in total. The van der Waals surface area contributed by atoms with E-state index in [4.69, 9.17) is 4.74 Å². The second-order valence-electron chi connectivity index (χ2n) is 5.15. The first kappa shape index (κ1) is 17.9. The molecule has 0 radical (unpaired) electrons. The van der Waals surface area contributed by atoms with Crippen LogP contribution in [0, 0.1) is 0 Å². The van der Waals surface area contributed by atoms with Crippen LogP contribution < -0.4 is 4.74 Å². The van der Waals surface area contributed by atoms with Crippen molar-refractivity contribution in [2.75, 3.05) is 20.7 Å². The first-order valence-electron chi connectivity index (χ1n) is 7.25. The lowest BCUT2D eigenvalue weighted by atomic mass is 10.1. The number of methoxy groups -OCH3 is 1. The number of nitrogens with zero attached hydrogens (tertiary/aromatic N) is 1. The minimum absolute atomic E-state index is 0.0190. The predicted molar refractivity (Wildman–Crippen MR) is 91.5 cm³/mol. The summed E-state index contributed by atoms with van der Waals surface area (Å²) >= 11 is 1.27. The van der Waals surface area contributed by atoms with Gasteiger partial charge in [-0.1, -0.05) is 19.1 Å². The van der Waals surface area contributed by atoms with Gasteiger partial charge in [0.15, 0.2) is 0 Å². The van der Waals surface area contributed by atoms with Gasteiger partial charge < -0.3 is 9.84 Å². The van der Waals surface area contributed by atoms with Crippen molar-refractivity contribution in [2.45, 2.75) is 23.7 Å². The van der Waals surface area contributed by atoms with Gasteiger partial charge in [0, 0.05) is 18.5 Å². The molecule has 126 valence electrons. The van der Waals surface area contributed by atoms with E-state index in [0.717, 1.165) is 11.3 Å². The lowest BCUT2D eigenvalue weighted by Crippen LogP contribution is -2.30. The highest BCUT2D eigenvalue weighted by molar-refractivity contribution is 7.91. The normalized spacial score (nSPS) is 13.3. The standard InChI is InChI=1S/C16H21NO4S2/c1-4-14-8-9-16(22-14)23(19,20)17(2)11-15(18)12-6-5-7-13(10-12)21-3/h5-10,15,18H,4,11H2,1-3H3. The van der Waals surface area contributed by atoms with E-state index in [9.17, 15) is 13.5 Å². The zero-order chi connectivity index (χ0) is 17.0. The smallest absolute Gasteiger partial charge is 0.252 e. The summed E-state index contributed by atoms with van der Waals surface area (Å²) < 4.78 is 31.7. The Labute approximate surface area is 141 Å². The van der Waals surface area contributed by atoms with Crippen LogP contribution in [0.2, 0.25) is 0 Å². The maximum Gasteiger partial charge on any atom is 0.252 e. The Hall–Kier alpha value is -1.41. The fourth-order valence-corrected chi connectivity index (χ4v) is 4.82. The minimum Gasteiger partial charge on any atom is -0.497 e. The van der Waals surface area contributed by atoms with Gasteiger partial charge in [0.1, 0.15) is 9.96 Å². The molecule has 2 aromatic rings. The molecule has 0 amide bonds. The highest BCUT2D eigenvalue weighted by Gasteiger charge is 2.25. The molecule has 0 bridgehead atoms. The summed E-state index contributed by atoms with van der Waals surface area (Å²) in [6.45, 7) is 1.97. The van der Waals surface area contributed by atoms with E-state index >= 15 is 0 Å². The molecule has 1 aromatic carbocycles. The van der Waals surface area contributed by atoms with Crippen molar-refractivity contribution in [3.63, 3.8) is 0 Å². The Bertz CT molecular complexity index is 755. The van der Waals surface area contributed by atoms with Crippen LogP contribution in [0.4, 0.5) is 0 Å². The van der Waals surface area contributed by atoms with Gasteiger partial charge in [-0.15, -0.1) is 11.3 Å². The van der Waals surface area contributed by atoms with Crippen molar-refractivity contribution in [3.8, 4) is 5.75 Å². The largest absolute Gasteiger partial charge is 0.497 e. The zero-order valence-electron chi connectivity index (χ0n) is 13.4. The van der Waals surface area contributed by atoms with Crippen molar-refractivity contribution in [2.24, 2.45) is 0 Å². The molecule has 1 unspecified atom stereocenters. The third-order valence-electron chi connectivity index (χ3n) is 3.56. The quantitative estimate of drug-likeness (QED) is 0.829. The van der Waals surface area contributed by atoms with Gasteiger partial charge in [-0.3, -0.25) is 0 Å². The van der Waals surface area contributed by atoms with E-state index in [0.29, 0.717) is 15.5 Å². The third-order valence-corrected chi connectivity index (χ3v) is 7.08. The molecule has 0 saturated heterocycles. The van der Waals surface area contributed by atoms with Crippen LogP contribution in [0.5, 0.6) is 5.75 Å². The van der Waals surface area contributed by atoms with Crippen LogP contribution in [0.1, 0.15) is 23.5 Å². The summed E-state index contributed by atoms with van der Waals surface area (Å²) in [5, 5.41) is 10.3. The molecule has 0 fully saturated rings. The molecular weight excluding hydrogens is 334 g/mol. The molecule has 2 rings (SSSR count). The van der Waals surface area contributed by atoms with Crippen LogP contribution >= 0.6 is 11.3 Å². The number of aryl methyl sites for hydroxylation is 1. The van der Waals surface area contributed by atoms with Gasteiger partial charge in [-0.2, -0.15) is 4.31 Å². The molecule has 0 aliphatic heterocycles. The molecule has 1 aromatic heterocycles. The van der Waals surface area contributed by atoms with E-state index in [1.165, 1.54) is 22.7 Å². The third kappa shape index (κ3) is 4.11. The molecular formula is C16H21NO4S2. The topological polar surface area (TPSA) is 66.8 Å². The molecule has 1 heterocycles. The highest BCUT2D eigenvalue weighted by Crippen LogP contribution is 2.26. The number of hydrogen-bond acceptors (Lipinski definition) is 5. The lowest BCUT2D eigenvalue weighted by molar-refractivity contribution is 0.154. The van der Waals surface area contributed by atoms with Crippen molar-refractivity contribution in [1.29, 1.82) is 0 Å². The number of aliphatic hydroxyl groups excluding tert-OH is 1. The summed E-state index contributed by atoms with van der Waals surface area (Å²) in [6.07, 6.45) is -0.119. The van der Waals surface area contributed by atoms with Crippen LogP contribution in [0.3, 0.4) is 0 Å². The summed E-state index contributed by atoms with van der Waals surface area (Å²) in [4.78, 5) is 1.02. The van der Waals surface area contributed by atoms with Crippen LogP contribution in [0.15, 0.2) is 40.6 Å². The molecule has 0 spiro atoms. The predicted octanol–water partition coefficient (Wildman–Crippen LogP) is 2.67. The Morgan fingerprint density at radius 3 is 2.65 bits per heavy atom. The number of thiophene rings is 1. The average Bonchev–Trinajstić information content (AvgIpc) is 3.04. The first-order valence-corrected chi connectivity index (χ1v) is 9.51. The van der Waals surface area contributed by atoms with E-state index in [1.807, 2.05) is 13.0 Å². The first-order chi connectivity index (χ1) is 10.9. The van der Waals surface area contributed by atoms with Crippen molar-refractivity contribution < 1.29 is 18.3 Å². The Kier molecular flexibility index (Phi) is 5.80. The zero-order valence-corrected chi connectivity index (χ0v) is 15.0.